The minimum Gasteiger partial charge on any atom is -0.340 e. The molecule has 30 heavy (non-hydrogen) atoms. The average Bonchev–Trinajstić information content (AvgIpc) is 3.38. The largest absolute Gasteiger partial charge is 0.340 e. The van der Waals surface area contributed by atoms with Crippen molar-refractivity contribution in [3.8, 4) is 0 Å². The van der Waals surface area contributed by atoms with Gasteiger partial charge in [-0.05, 0) is 43.9 Å². The zero-order chi connectivity index (χ0) is 20.4. The molecule has 0 saturated carbocycles. The van der Waals surface area contributed by atoms with E-state index in [0.29, 0.717) is 6.54 Å². The van der Waals surface area contributed by atoms with Crippen LogP contribution in [0.4, 0.5) is 0 Å². The number of likely N-dealkylation sites (tertiary alicyclic amines) is 2. The quantitative estimate of drug-likeness (QED) is 0.655. The number of fused-ring (bicyclic) bond motifs is 1. The molecule has 0 bridgehead atoms. The van der Waals surface area contributed by atoms with Crippen molar-refractivity contribution in [2.45, 2.75) is 32.2 Å². The molecule has 2 aliphatic heterocycles. The Morgan fingerprint density at radius 1 is 0.967 bits per heavy atom. The maximum atomic E-state index is 13.0. The van der Waals surface area contributed by atoms with E-state index in [1.807, 2.05) is 35.1 Å². The number of nitrogens with zero attached hydrogens (tertiary/aromatic N) is 4. The van der Waals surface area contributed by atoms with Crippen LogP contribution in [0.3, 0.4) is 0 Å². The van der Waals surface area contributed by atoms with Crippen LogP contribution in [0.2, 0.25) is 0 Å². The van der Waals surface area contributed by atoms with Crippen molar-refractivity contribution in [1.82, 2.24) is 19.6 Å². The van der Waals surface area contributed by atoms with E-state index in [-0.39, 0.29) is 11.3 Å². The van der Waals surface area contributed by atoms with E-state index in [1.165, 1.54) is 24.9 Å². The Bertz CT molecular complexity index is 1010. The Morgan fingerprint density at radius 2 is 1.80 bits per heavy atom. The van der Waals surface area contributed by atoms with E-state index in [9.17, 15) is 4.79 Å². The minimum absolute atomic E-state index is 0.196. The van der Waals surface area contributed by atoms with Gasteiger partial charge in [-0.25, -0.2) is 0 Å². The lowest BCUT2D eigenvalue weighted by molar-refractivity contribution is -0.131. The molecule has 3 aromatic rings. The van der Waals surface area contributed by atoms with Crippen LogP contribution in [0.15, 0.2) is 60.8 Å². The van der Waals surface area contributed by atoms with E-state index in [4.69, 9.17) is 0 Å². The van der Waals surface area contributed by atoms with Gasteiger partial charge in [-0.2, -0.15) is 5.10 Å². The Kier molecular flexibility index (Phi) is 5.30. The summed E-state index contributed by atoms with van der Waals surface area (Å²) in [5.74, 6) is 0.196. The van der Waals surface area contributed by atoms with Gasteiger partial charge in [0.2, 0.25) is 5.91 Å². The van der Waals surface area contributed by atoms with Crippen molar-refractivity contribution in [2.24, 2.45) is 5.41 Å². The maximum Gasteiger partial charge on any atom is 0.244 e. The van der Waals surface area contributed by atoms with E-state index in [1.54, 1.807) is 0 Å². The number of carbonyl (C=O) groups excluding carboxylic acids is 1. The predicted molar refractivity (Wildman–Crippen MR) is 119 cm³/mol. The molecule has 1 amide bonds. The zero-order valence-electron chi connectivity index (χ0n) is 17.5. The van der Waals surface area contributed by atoms with Crippen LogP contribution in [0.25, 0.3) is 10.9 Å². The minimum atomic E-state index is 0.196. The lowest BCUT2D eigenvalue weighted by atomic mass is 9.79. The van der Waals surface area contributed by atoms with Crippen molar-refractivity contribution >= 4 is 16.8 Å². The summed E-state index contributed by atoms with van der Waals surface area (Å²) in [5.41, 5.74) is 2.72. The summed E-state index contributed by atoms with van der Waals surface area (Å²) >= 11 is 0. The molecule has 2 fully saturated rings. The normalized spacial score (nSPS) is 22.2. The fraction of sp³-hybridized carbons (Fsp3) is 0.440. The number of hydrogen-bond donors (Lipinski definition) is 0. The van der Waals surface area contributed by atoms with Crippen molar-refractivity contribution in [1.29, 1.82) is 0 Å². The first-order chi connectivity index (χ1) is 14.7. The summed E-state index contributed by atoms with van der Waals surface area (Å²) in [6.07, 6.45) is 6.55. The molecule has 0 unspecified atom stereocenters. The average molecular weight is 403 g/mol. The Morgan fingerprint density at radius 3 is 2.70 bits per heavy atom. The van der Waals surface area contributed by atoms with Gasteiger partial charge in [-0.1, -0.05) is 48.5 Å². The number of aromatic nitrogens is 2. The highest BCUT2D eigenvalue weighted by Gasteiger charge is 2.42. The van der Waals surface area contributed by atoms with Gasteiger partial charge in [0.25, 0.3) is 0 Å². The van der Waals surface area contributed by atoms with Gasteiger partial charge in [-0.15, -0.1) is 0 Å². The van der Waals surface area contributed by atoms with Crippen LogP contribution in [0, 0.1) is 5.41 Å². The van der Waals surface area contributed by atoms with Gasteiger partial charge < -0.3 is 9.80 Å². The zero-order valence-corrected chi connectivity index (χ0v) is 17.5. The van der Waals surface area contributed by atoms with Crippen molar-refractivity contribution in [3.05, 3.63) is 66.4 Å². The maximum absolute atomic E-state index is 13.0. The standard InChI is InChI=1S/C25H30N4O/c30-24(18-29-23-10-5-4-9-22(23)17-26-29)28-16-13-25(20-28)12-6-14-27(19-25)15-11-21-7-2-1-3-8-21/h1-5,7-10,17H,6,11-16,18-20H2/t25-/m0/s1. The van der Waals surface area contributed by atoms with E-state index >= 15 is 0 Å². The lowest BCUT2D eigenvalue weighted by Crippen LogP contribution is -2.46. The summed E-state index contributed by atoms with van der Waals surface area (Å²) in [7, 11) is 0. The topological polar surface area (TPSA) is 41.4 Å². The molecule has 2 aliphatic rings. The smallest absolute Gasteiger partial charge is 0.244 e. The molecular weight excluding hydrogens is 372 g/mol. The number of para-hydroxylation sites is 1. The summed E-state index contributed by atoms with van der Waals surface area (Å²) in [4.78, 5) is 17.7. The highest BCUT2D eigenvalue weighted by atomic mass is 16.2. The Balaban J connectivity index is 1.19. The molecule has 0 radical (unpaired) electrons. The lowest BCUT2D eigenvalue weighted by Gasteiger charge is -2.40. The van der Waals surface area contributed by atoms with Crippen LogP contribution in [-0.2, 0) is 17.8 Å². The second-order valence-electron chi connectivity index (χ2n) is 9.04. The van der Waals surface area contributed by atoms with Gasteiger partial charge in [0, 0.05) is 37.0 Å². The fourth-order valence-corrected chi connectivity index (χ4v) is 5.29. The second kappa shape index (κ2) is 8.23. The second-order valence-corrected chi connectivity index (χ2v) is 9.04. The number of rotatable bonds is 5. The first kappa shape index (κ1) is 19.3. The van der Waals surface area contributed by atoms with Crippen LogP contribution in [0.5, 0.6) is 0 Å². The highest BCUT2D eigenvalue weighted by Crippen LogP contribution is 2.39. The highest BCUT2D eigenvalue weighted by molar-refractivity contribution is 5.82. The molecule has 2 aromatic carbocycles. The van der Waals surface area contributed by atoms with Gasteiger partial charge in [0.1, 0.15) is 6.54 Å². The SMILES string of the molecule is O=C(Cn1ncc2ccccc21)N1CC[C@]2(CCCN(CCc3ccccc3)C2)C1. The number of benzene rings is 2. The monoisotopic (exact) mass is 402 g/mol. The van der Waals surface area contributed by atoms with Gasteiger partial charge in [-0.3, -0.25) is 9.48 Å². The molecule has 5 rings (SSSR count). The van der Waals surface area contributed by atoms with Crippen molar-refractivity contribution < 1.29 is 4.79 Å². The van der Waals surface area contributed by atoms with E-state index in [0.717, 1.165) is 49.9 Å². The fourth-order valence-electron chi connectivity index (χ4n) is 5.29. The van der Waals surface area contributed by atoms with Crippen LogP contribution in [0.1, 0.15) is 24.8 Å². The summed E-state index contributed by atoms with van der Waals surface area (Å²) in [6, 6.07) is 18.8. The molecule has 0 aliphatic carbocycles. The first-order valence-corrected chi connectivity index (χ1v) is 11.2. The van der Waals surface area contributed by atoms with Crippen molar-refractivity contribution in [3.63, 3.8) is 0 Å². The third kappa shape index (κ3) is 3.99. The summed E-state index contributed by atoms with van der Waals surface area (Å²) in [5, 5.41) is 5.52. The molecule has 1 aromatic heterocycles. The molecule has 2 saturated heterocycles. The first-order valence-electron chi connectivity index (χ1n) is 11.2. The molecule has 5 heteroatoms. The molecule has 5 nitrogen and oxygen atoms in total. The molecule has 1 spiro atoms. The third-order valence-corrected chi connectivity index (χ3v) is 6.93. The molecule has 3 heterocycles. The molecule has 0 N–H and O–H groups in total. The Labute approximate surface area is 178 Å². The van der Waals surface area contributed by atoms with Gasteiger partial charge >= 0.3 is 0 Å². The predicted octanol–water partition coefficient (Wildman–Crippen LogP) is 3.59. The van der Waals surface area contributed by atoms with Gasteiger partial charge in [0.05, 0.1) is 11.7 Å². The molecule has 156 valence electrons. The number of piperidine rings is 1. The van der Waals surface area contributed by atoms with Crippen molar-refractivity contribution in [2.75, 3.05) is 32.7 Å². The van der Waals surface area contributed by atoms with Crippen LogP contribution in [-0.4, -0.2) is 58.2 Å². The van der Waals surface area contributed by atoms with Gasteiger partial charge in [0.15, 0.2) is 0 Å². The Hall–Kier alpha value is -2.66. The molecule has 1 atom stereocenters. The van der Waals surface area contributed by atoms with Crippen LogP contribution < -0.4 is 0 Å². The summed E-state index contributed by atoms with van der Waals surface area (Å²) in [6.45, 7) is 5.52. The van der Waals surface area contributed by atoms with Crippen LogP contribution >= 0.6 is 0 Å². The molecular formula is C25H30N4O. The van der Waals surface area contributed by atoms with E-state index in [2.05, 4.69) is 45.2 Å². The van der Waals surface area contributed by atoms with E-state index < -0.39 is 0 Å². The summed E-state index contributed by atoms with van der Waals surface area (Å²) < 4.78 is 1.84. The number of hydrogen-bond acceptors (Lipinski definition) is 3. The number of amides is 1. The number of carbonyl (C=O) groups is 1. The third-order valence-electron chi connectivity index (χ3n) is 6.93.